The number of thioether (sulfide) groups is 1. The number of fused-ring (bicyclic) bond motifs is 4. The third-order valence-electron chi connectivity index (χ3n) is 5.54. The Morgan fingerprint density at radius 1 is 1.06 bits per heavy atom. The van der Waals surface area contributed by atoms with Crippen LogP contribution in [0.25, 0.3) is 16.7 Å². The van der Waals surface area contributed by atoms with Gasteiger partial charge in [-0.05, 0) is 37.6 Å². The Bertz CT molecular complexity index is 1590. The highest BCUT2D eigenvalue weighted by molar-refractivity contribution is 7.98. The van der Waals surface area contributed by atoms with Crippen LogP contribution >= 0.6 is 11.8 Å². The van der Waals surface area contributed by atoms with Crippen molar-refractivity contribution in [2.75, 3.05) is 13.2 Å². The van der Waals surface area contributed by atoms with Crippen molar-refractivity contribution in [1.82, 2.24) is 39.1 Å². The number of ether oxygens (including phenoxy) is 2. The SMILES string of the molecule is Cc1nnc(C)n1-n1ccc2c(cnc3nc(SCc4ccc5c(c4)OCCCO5)nn32)c1=O. The average molecular weight is 477 g/mol. The molecule has 0 amide bonds. The number of nitrogens with zero attached hydrogens (tertiary/aromatic N) is 8. The summed E-state index contributed by atoms with van der Waals surface area (Å²) >= 11 is 1.49. The summed E-state index contributed by atoms with van der Waals surface area (Å²) in [6.45, 7) is 4.90. The molecule has 11 nitrogen and oxygen atoms in total. The van der Waals surface area contributed by atoms with Crippen LogP contribution < -0.4 is 15.0 Å². The van der Waals surface area contributed by atoms with Crippen molar-refractivity contribution in [2.45, 2.75) is 31.2 Å². The van der Waals surface area contributed by atoms with Gasteiger partial charge >= 0.3 is 0 Å². The van der Waals surface area contributed by atoms with Gasteiger partial charge < -0.3 is 9.47 Å². The Hall–Kier alpha value is -3.93. The molecule has 0 fully saturated rings. The number of hydrogen-bond acceptors (Lipinski definition) is 9. The van der Waals surface area contributed by atoms with E-state index in [0.29, 0.717) is 52.5 Å². The molecule has 12 heteroatoms. The van der Waals surface area contributed by atoms with Crippen LogP contribution in [0.15, 0.2) is 46.6 Å². The summed E-state index contributed by atoms with van der Waals surface area (Å²) in [6, 6.07) is 7.76. The molecule has 4 aromatic heterocycles. The Labute approximate surface area is 197 Å². The van der Waals surface area contributed by atoms with E-state index in [4.69, 9.17) is 9.47 Å². The summed E-state index contributed by atoms with van der Waals surface area (Å²) in [5.41, 5.74) is 1.47. The van der Waals surface area contributed by atoms with Crippen molar-refractivity contribution < 1.29 is 9.47 Å². The third kappa shape index (κ3) is 3.46. The van der Waals surface area contributed by atoms with Gasteiger partial charge in [-0.1, -0.05) is 17.8 Å². The largest absolute Gasteiger partial charge is 0.490 e. The lowest BCUT2D eigenvalue weighted by Crippen LogP contribution is -2.27. The molecule has 0 radical (unpaired) electrons. The summed E-state index contributed by atoms with van der Waals surface area (Å²) in [5, 5.41) is 13.7. The first-order chi connectivity index (χ1) is 16.6. The molecule has 0 aliphatic carbocycles. The molecule has 0 N–H and O–H groups in total. The maximum atomic E-state index is 13.2. The predicted octanol–water partition coefficient (Wildman–Crippen LogP) is 2.41. The molecule has 0 saturated heterocycles. The second kappa shape index (κ2) is 8.13. The first-order valence-corrected chi connectivity index (χ1v) is 11.7. The molecule has 1 aliphatic rings. The zero-order valence-corrected chi connectivity index (χ0v) is 19.3. The molecule has 5 aromatic rings. The van der Waals surface area contributed by atoms with Gasteiger partial charge in [-0.2, -0.15) is 9.50 Å². The summed E-state index contributed by atoms with van der Waals surface area (Å²) < 4.78 is 16.2. The molecule has 0 unspecified atom stereocenters. The van der Waals surface area contributed by atoms with Crippen LogP contribution in [0, 0.1) is 13.8 Å². The van der Waals surface area contributed by atoms with Crippen molar-refractivity contribution in [3.8, 4) is 11.5 Å². The Kier molecular flexibility index (Phi) is 4.94. The molecule has 0 atom stereocenters. The maximum absolute atomic E-state index is 13.2. The first kappa shape index (κ1) is 20.7. The lowest BCUT2D eigenvalue weighted by Gasteiger charge is -2.10. The van der Waals surface area contributed by atoms with Gasteiger partial charge in [0.1, 0.15) is 11.6 Å². The van der Waals surface area contributed by atoms with E-state index < -0.39 is 0 Å². The van der Waals surface area contributed by atoms with Gasteiger partial charge in [-0.3, -0.25) is 4.79 Å². The number of pyridine rings is 1. The van der Waals surface area contributed by atoms with Crippen molar-refractivity contribution >= 4 is 28.4 Å². The van der Waals surface area contributed by atoms with Gasteiger partial charge in [0, 0.05) is 24.6 Å². The van der Waals surface area contributed by atoms with Crippen molar-refractivity contribution in [1.29, 1.82) is 0 Å². The fourth-order valence-electron chi connectivity index (χ4n) is 3.93. The molecule has 1 aliphatic heterocycles. The van der Waals surface area contributed by atoms with E-state index >= 15 is 0 Å². The number of rotatable bonds is 4. The second-order valence-corrected chi connectivity index (χ2v) is 8.80. The molecule has 5 heterocycles. The molecule has 6 rings (SSSR count). The molecule has 0 bridgehead atoms. The number of aromatic nitrogens is 8. The minimum atomic E-state index is -0.241. The lowest BCUT2D eigenvalue weighted by molar-refractivity contribution is 0.297. The smallest absolute Gasteiger partial charge is 0.280 e. The minimum Gasteiger partial charge on any atom is -0.490 e. The standard InChI is InChI=1S/C22H20N8O3S/c1-13-25-26-14(2)30(13)28-7-6-17-16(20(28)31)11-23-21-24-22(27-29(17)21)34-12-15-4-5-18-19(10-15)33-9-3-8-32-18/h4-7,10-11H,3,8-9,12H2,1-2H3. The van der Waals surface area contributed by atoms with E-state index in [-0.39, 0.29) is 5.56 Å². The van der Waals surface area contributed by atoms with Gasteiger partial charge in [-0.25, -0.2) is 14.3 Å². The highest BCUT2D eigenvalue weighted by Crippen LogP contribution is 2.32. The molecule has 172 valence electrons. The van der Waals surface area contributed by atoms with E-state index in [9.17, 15) is 4.79 Å². The van der Waals surface area contributed by atoms with E-state index in [0.717, 1.165) is 23.5 Å². The summed E-state index contributed by atoms with van der Waals surface area (Å²) in [7, 11) is 0. The third-order valence-corrected chi connectivity index (χ3v) is 6.45. The lowest BCUT2D eigenvalue weighted by atomic mass is 10.2. The highest BCUT2D eigenvalue weighted by atomic mass is 32.2. The van der Waals surface area contributed by atoms with E-state index in [1.807, 2.05) is 24.3 Å². The predicted molar refractivity (Wildman–Crippen MR) is 124 cm³/mol. The van der Waals surface area contributed by atoms with Gasteiger partial charge in [0.2, 0.25) is 5.16 Å². The van der Waals surface area contributed by atoms with Crippen LogP contribution in [0.4, 0.5) is 0 Å². The zero-order valence-electron chi connectivity index (χ0n) is 18.5. The Morgan fingerprint density at radius 2 is 1.85 bits per heavy atom. The number of hydrogen-bond donors (Lipinski definition) is 0. The molecular formula is C22H20N8O3S. The monoisotopic (exact) mass is 476 g/mol. The second-order valence-electron chi connectivity index (χ2n) is 7.86. The summed E-state index contributed by atoms with van der Waals surface area (Å²) in [5.74, 6) is 3.85. The van der Waals surface area contributed by atoms with Crippen LogP contribution in [-0.2, 0) is 5.75 Å². The van der Waals surface area contributed by atoms with Crippen LogP contribution in [0.1, 0.15) is 23.6 Å². The van der Waals surface area contributed by atoms with Gasteiger partial charge in [0.05, 0.1) is 24.1 Å². The number of aryl methyl sites for hydroxylation is 2. The quantitative estimate of drug-likeness (QED) is 0.361. The molecule has 1 aromatic carbocycles. The summed E-state index contributed by atoms with van der Waals surface area (Å²) in [6.07, 6.45) is 4.08. The fraction of sp³-hybridized carbons (Fsp3) is 0.273. The Balaban J connectivity index is 1.31. The normalized spacial score (nSPS) is 13.5. The highest BCUT2D eigenvalue weighted by Gasteiger charge is 2.15. The van der Waals surface area contributed by atoms with Crippen molar-refractivity contribution in [2.24, 2.45) is 0 Å². The Morgan fingerprint density at radius 3 is 2.68 bits per heavy atom. The van der Waals surface area contributed by atoms with Gasteiger partial charge in [0.15, 0.2) is 11.5 Å². The molecule has 0 spiro atoms. The summed E-state index contributed by atoms with van der Waals surface area (Å²) in [4.78, 5) is 22.1. The number of benzene rings is 1. The van der Waals surface area contributed by atoms with Gasteiger partial charge in [-0.15, -0.1) is 15.3 Å². The van der Waals surface area contributed by atoms with E-state index in [1.54, 1.807) is 29.2 Å². The first-order valence-electron chi connectivity index (χ1n) is 10.8. The van der Waals surface area contributed by atoms with Crippen LogP contribution in [-0.4, -0.2) is 52.3 Å². The molecule has 0 saturated carbocycles. The topological polar surface area (TPSA) is 114 Å². The van der Waals surface area contributed by atoms with E-state index in [1.165, 1.54) is 22.6 Å². The maximum Gasteiger partial charge on any atom is 0.280 e. The van der Waals surface area contributed by atoms with Gasteiger partial charge in [0.25, 0.3) is 11.3 Å². The van der Waals surface area contributed by atoms with Crippen molar-refractivity contribution in [3.05, 3.63) is 64.2 Å². The minimum absolute atomic E-state index is 0.241. The van der Waals surface area contributed by atoms with Crippen molar-refractivity contribution in [3.63, 3.8) is 0 Å². The average Bonchev–Trinajstić information content (AvgIpc) is 3.32. The van der Waals surface area contributed by atoms with Crippen LogP contribution in [0.3, 0.4) is 0 Å². The van der Waals surface area contributed by atoms with Crippen LogP contribution in [0.5, 0.6) is 11.5 Å². The fourth-order valence-corrected chi connectivity index (χ4v) is 4.69. The molecular weight excluding hydrogens is 456 g/mol. The van der Waals surface area contributed by atoms with E-state index in [2.05, 4.69) is 25.3 Å². The van der Waals surface area contributed by atoms with Crippen LogP contribution in [0.2, 0.25) is 0 Å². The molecule has 34 heavy (non-hydrogen) atoms. The zero-order chi connectivity index (χ0) is 23.2.